The van der Waals surface area contributed by atoms with Crippen molar-refractivity contribution in [3.63, 3.8) is 0 Å². The molecule has 2 aromatic rings. The van der Waals surface area contributed by atoms with E-state index in [0.29, 0.717) is 30.0 Å². The second-order valence-corrected chi connectivity index (χ2v) is 4.21. The van der Waals surface area contributed by atoms with E-state index in [1.807, 2.05) is 0 Å². The van der Waals surface area contributed by atoms with E-state index in [9.17, 15) is 4.39 Å². The number of benzene rings is 1. The third-order valence-electron chi connectivity index (χ3n) is 2.96. The molecule has 18 heavy (non-hydrogen) atoms. The van der Waals surface area contributed by atoms with Crippen LogP contribution in [0.15, 0.2) is 30.7 Å². The lowest BCUT2D eigenvalue weighted by molar-refractivity contribution is 0.242. The van der Waals surface area contributed by atoms with E-state index in [0.717, 1.165) is 5.56 Å². The monoisotopic (exact) mass is 245 g/mol. The molecule has 1 aromatic carbocycles. The summed E-state index contributed by atoms with van der Waals surface area (Å²) in [5.41, 5.74) is 7.67. The molecule has 0 saturated heterocycles. The lowest BCUT2D eigenvalue weighted by Crippen LogP contribution is -2.24. The van der Waals surface area contributed by atoms with E-state index in [-0.39, 0.29) is 11.9 Å². The van der Waals surface area contributed by atoms with Gasteiger partial charge in [-0.1, -0.05) is 0 Å². The van der Waals surface area contributed by atoms with Crippen LogP contribution in [0.2, 0.25) is 0 Å². The summed E-state index contributed by atoms with van der Waals surface area (Å²) in [6.45, 7) is 0.413. The van der Waals surface area contributed by atoms with Crippen LogP contribution in [-0.4, -0.2) is 22.6 Å². The summed E-state index contributed by atoms with van der Waals surface area (Å²) >= 11 is 0. The molecule has 5 heteroatoms. The lowest BCUT2D eigenvalue weighted by atomic mass is 10.0. The highest BCUT2D eigenvalue weighted by Crippen LogP contribution is 2.38. The van der Waals surface area contributed by atoms with Gasteiger partial charge in [0.15, 0.2) is 0 Å². The van der Waals surface area contributed by atoms with Crippen molar-refractivity contribution in [2.24, 2.45) is 5.73 Å². The summed E-state index contributed by atoms with van der Waals surface area (Å²) in [5.74, 6) is 0.378. The number of ether oxygens (including phenoxy) is 1. The second kappa shape index (κ2) is 4.34. The number of rotatable bonds is 2. The molecule has 1 aliphatic rings. The first-order valence-corrected chi connectivity index (χ1v) is 5.73. The van der Waals surface area contributed by atoms with Gasteiger partial charge in [-0.2, -0.15) is 0 Å². The van der Waals surface area contributed by atoms with Gasteiger partial charge in [0.1, 0.15) is 17.7 Å². The standard InChI is InChI=1S/C13H12FN3O/c14-9-3-8-4-10(6-15)18-13(8)11(5-9)12-7-16-1-2-17-12/h1-3,5,7,10H,4,6,15H2/t10-/m0/s1. The van der Waals surface area contributed by atoms with Gasteiger partial charge < -0.3 is 10.5 Å². The van der Waals surface area contributed by atoms with Crippen LogP contribution >= 0.6 is 0 Å². The van der Waals surface area contributed by atoms with Crippen LogP contribution in [0.5, 0.6) is 5.75 Å². The Morgan fingerprint density at radius 2 is 2.28 bits per heavy atom. The lowest BCUT2D eigenvalue weighted by Gasteiger charge is -2.10. The van der Waals surface area contributed by atoms with Crippen molar-refractivity contribution < 1.29 is 9.13 Å². The minimum atomic E-state index is -0.296. The highest BCUT2D eigenvalue weighted by atomic mass is 19.1. The average Bonchev–Trinajstić information content (AvgIpc) is 2.81. The van der Waals surface area contributed by atoms with Crippen LogP contribution in [0.4, 0.5) is 4.39 Å². The Morgan fingerprint density at radius 3 is 3.00 bits per heavy atom. The molecule has 2 N–H and O–H groups in total. The number of halogens is 1. The Kier molecular flexibility index (Phi) is 2.68. The first kappa shape index (κ1) is 11.1. The second-order valence-electron chi connectivity index (χ2n) is 4.21. The SMILES string of the molecule is NC[C@@H]1Cc2cc(F)cc(-c3cnccn3)c2O1. The molecule has 1 aromatic heterocycles. The predicted octanol–water partition coefficient (Wildman–Crippen LogP) is 1.54. The molecule has 0 aliphatic carbocycles. The Bertz CT molecular complexity index is 574. The van der Waals surface area contributed by atoms with Crippen molar-refractivity contribution >= 4 is 0 Å². The molecular formula is C13H12FN3O. The van der Waals surface area contributed by atoms with Gasteiger partial charge in [-0.25, -0.2) is 4.39 Å². The number of nitrogens with two attached hydrogens (primary N) is 1. The first-order valence-electron chi connectivity index (χ1n) is 5.73. The van der Waals surface area contributed by atoms with Crippen LogP contribution in [-0.2, 0) is 6.42 Å². The van der Waals surface area contributed by atoms with Gasteiger partial charge in [0, 0.05) is 36.5 Å². The van der Waals surface area contributed by atoms with Crippen molar-refractivity contribution in [1.29, 1.82) is 0 Å². The fourth-order valence-corrected chi connectivity index (χ4v) is 2.15. The van der Waals surface area contributed by atoms with Crippen molar-refractivity contribution in [1.82, 2.24) is 9.97 Å². The molecule has 92 valence electrons. The third-order valence-corrected chi connectivity index (χ3v) is 2.96. The number of aromatic nitrogens is 2. The number of fused-ring (bicyclic) bond motifs is 1. The van der Waals surface area contributed by atoms with Gasteiger partial charge in [0.25, 0.3) is 0 Å². The number of nitrogens with zero attached hydrogens (tertiary/aromatic N) is 2. The van der Waals surface area contributed by atoms with Crippen LogP contribution in [0.25, 0.3) is 11.3 Å². The first-order chi connectivity index (χ1) is 8.78. The molecule has 0 bridgehead atoms. The molecule has 0 saturated carbocycles. The third kappa shape index (κ3) is 1.82. The zero-order valence-electron chi connectivity index (χ0n) is 9.64. The van der Waals surface area contributed by atoms with Gasteiger partial charge >= 0.3 is 0 Å². The fraction of sp³-hybridized carbons (Fsp3) is 0.231. The van der Waals surface area contributed by atoms with E-state index in [2.05, 4.69) is 9.97 Å². The summed E-state index contributed by atoms with van der Waals surface area (Å²) in [6.07, 6.45) is 5.29. The quantitative estimate of drug-likeness (QED) is 0.872. The minimum Gasteiger partial charge on any atom is -0.488 e. The van der Waals surface area contributed by atoms with Gasteiger partial charge in [-0.15, -0.1) is 0 Å². The van der Waals surface area contributed by atoms with Crippen LogP contribution in [0, 0.1) is 5.82 Å². The number of hydrogen-bond donors (Lipinski definition) is 1. The molecule has 0 fully saturated rings. The molecule has 0 unspecified atom stereocenters. The Hall–Kier alpha value is -2.01. The van der Waals surface area contributed by atoms with E-state index in [1.165, 1.54) is 12.1 Å². The van der Waals surface area contributed by atoms with Crippen molar-refractivity contribution in [2.45, 2.75) is 12.5 Å². The largest absolute Gasteiger partial charge is 0.488 e. The minimum absolute atomic E-state index is 0.0859. The zero-order chi connectivity index (χ0) is 12.5. The van der Waals surface area contributed by atoms with Gasteiger partial charge in [0.2, 0.25) is 0 Å². The van der Waals surface area contributed by atoms with Gasteiger partial charge in [-0.3, -0.25) is 9.97 Å². The Balaban J connectivity index is 2.12. The fourth-order valence-electron chi connectivity index (χ4n) is 2.15. The van der Waals surface area contributed by atoms with Crippen LogP contribution in [0.3, 0.4) is 0 Å². The maximum atomic E-state index is 13.6. The van der Waals surface area contributed by atoms with E-state index >= 15 is 0 Å². The average molecular weight is 245 g/mol. The van der Waals surface area contributed by atoms with Gasteiger partial charge in [0.05, 0.1) is 11.9 Å². The predicted molar refractivity (Wildman–Crippen MR) is 64.6 cm³/mol. The topological polar surface area (TPSA) is 61.0 Å². The summed E-state index contributed by atoms with van der Waals surface area (Å²) < 4.78 is 19.3. The zero-order valence-corrected chi connectivity index (χ0v) is 9.64. The van der Waals surface area contributed by atoms with Crippen LogP contribution in [0.1, 0.15) is 5.56 Å². The maximum absolute atomic E-state index is 13.6. The highest BCUT2D eigenvalue weighted by Gasteiger charge is 2.26. The Morgan fingerprint density at radius 1 is 1.39 bits per heavy atom. The molecule has 3 rings (SSSR count). The molecule has 1 aliphatic heterocycles. The normalized spacial score (nSPS) is 17.3. The summed E-state index contributed by atoms with van der Waals surface area (Å²) in [6, 6.07) is 2.91. The van der Waals surface area contributed by atoms with Crippen molar-refractivity contribution in [3.8, 4) is 17.0 Å². The molecule has 0 spiro atoms. The maximum Gasteiger partial charge on any atom is 0.132 e. The molecule has 1 atom stereocenters. The molecule has 2 heterocycles. The molecule has 0 radical (unpaired) electrons. The number of hydrogen-bond acceptors (Lipinski definition) is 4. The molecule has 0 amide bonds. The van der Waals surface area contributed by atoms with E-state index in [4.69, 9.17) is 10.5 Å². The van der Waals surface area contributed by atoms with Gasteiger partial charge in [-0.05, 0) is 12.1 Å². The van der Waals surface area contributed by atoms with Crippen molar-refractivity contribution in [2.75, 3.05) is 6.54 Å². The summed E-state index contributed by atoms with van der Waals surface area (Å²) in [4.78, 5) is 8.17. The van der Waals surface area contributed by atoms with Crippen molar-refractivity contribution in [3.05, 3.63) is 42.1 Å². The summed E-state index contributed by atoms with van der Waals surface area (Å²) in [7, 11) is 0. The smallest absolute Gasteiger partial charge is 0.132 e. The van der Waals surface area contributed by atoms with Crippen LogP contribution < -0.4 is 10.5 Å². The van der Waals surface area contributed by atoms with E-state index < -0.39 is 0 Å². The Labute approximate surface area is 104 Å². The highest BCUT2D eigenvalue weighted by molar-refractivity contribution is 5.69. The molecule has 4 nitrogen and oxygen atoms in total. The van der Waals surface area contributed by atoms with E-state index in [1.54, 1.807) is 18.6 Å². The summed E-state index contributed by atoms with van der Waals surface area (Å²) in [5, 5.41) is 0. The molecular weight excluding hydrogens is 233 g/mol.